The molecule has 0 radical (unpaired) electrons. The van der Waals surface area contributed by atoms with Crippen molar-refractivity contribution in [3.63, 3.8) is 0 Å². The van der Waals surface area contributed by atoms with Gasteiger partial charge < -0.3 is 28.5 Å². The number of hydrogen-bond donors (Lipinski definition) is 1. The summed E-state index contributed by atoms with van der Waals surface area (Å²) >= 11 is 0. The normalized spacial score (nSPS) is 23.8. The van der Waals surface area contributed by atoms with Gasteiger partial charge in [0.15, 0.2) is 11.4 Å². The number of carbonyl (C=O) groups excluding carboxylic acids is 3. The number of anilines is 3. The highest BCUT2D eigenvalue weighted by Crippen LogP contribution is 2.60. The van der Waals surface area contributed by atoms with Gasteiger partial charge in [0.25, 0.3) is 11.8 Å². The van der Waals surface area contributed by atoms with Crippen LogP contribution in [-0.2, 0) is 39.4 Å². The second kappa shape index (κ2) is 14.1. The summed E-state index contributed by atoms with van der Waals surface area (Å²) in [5.41, 5.74) is 3.66. The van der Waals surface area contributed by atoms with Crippen LogP contribution in [0.2, 0.25) is 18.6 Å². The maximum atomic E-state index is 16.6. The van der Waals surface area contributed by atoms with Gasteiger partial charge in [0.1, 0.15) is 5.75 Å². The molecule has 4 heterocycles. The van der Waals surface area contributed by atoms with Gasteiger partial charge >= 0.3 is 0 Å². The molecule has 4 aliphatic heterocycles. The maximum Gasteiger partial charge on any atom is 0.266 e. The molecule has 5 aromatic rings. The number of benzene rings is 5. The summed E-state index contributed by atoms with van der Waals surface area (Å²) in [5, 5.41) is 10.3. The fourth-order valence-electron chi connectivity index (χ4n) is 9.73. The van der Waals surface area contributed by atoms with E-state index in [-0.39, 0.29) is 37.3 Å². The molecule has 0 unspecified atom stereocenters. The molecule has 290 valence electrons. The van der Waals surface area contributed by atoms with Crippen LogP contribution in [0, 0.1) is 5.92 Å². The second-order valence-electron chi connectivity index (χ2n) is 16.1. The Morgan fingerprint density at radius 3 is 2.32 bits per heavy atom. The van der Waals surface area contributed by atoms with Gasteiger partial charge in [-0.3, -0.25) is 19.3 Å². The smallest absolute Gasteiger partial charge is 0.266 e. The number of ether oxygens (including phenoxy) is 2. The third-order valence-corrected chi connectivity index (χ3v) is 14.7. The van der Waals surface area contributed by atoms with Crippen LogP contribution in [0.5, 0.6) is 11.5 Å². The van der Waals surface area contributed by atoms with Crippen molar-refractivity contribution in [2.24, 2.45) is 5.92 Å². The first kappa shape index (κ1) is 37.0. The minimum Gasteiger partial charge on any atom is -0.454 e. The topological polar surface area (TPSA) is 99.6 Å². The van der Waals surface area contributed by atoms with Crippen molar-refractivity contribution in [2.45, 2.75) is 69.2 Å². The molecule has 11 heteroatoms. The van der Waals surface area contributed by atoms with Gasteiger partial charge in [-0.1, -0.05) is 85.8 Å². The highest BCUT2D eigenvalue weighted by Gasteiger charge is 2.67. The largest absolute Gasteiger partial charge is 0.454 e. The number of fused-ring (bicyclic) bond motifs is 5. The number of aliphatic hydroxyl groups is 1. The Morgan fingerprint density at radius 1 is 0.860 bits per heavy atom. The van der Waals surface area contributed by atoms with Gasteiger partial charge in [0.05, 0.1) is 48.7 Å². The number of hydrogen-bond acceptors (Lipinski definition) is 6. The lowest BCUT2D eigenvalue weighted by Crippen LogP contribution is -2.48. The summed E-state index contributed by atoms with van der Waals surface area (Å²) in [6, 6.07) is 37.1. The summed E-state index contributed by atoms with van der Waals surface area (Å²) in [7, 11) is -3.55. The third kappa shape index (κ3) is 6.07. The van der Waals surface area contributed by atoms with E-state index in [2.05, 4.69) is 0 Å². The van der Waals surface area contributed by atoms with Crippen molar-refractivity contribution in [1.29, 1.82) is 0 Å². The number of rotatable bonds is 7. The third-order valence-electron chi connectivity index (χ3n) is 12.3. The molecule has 1 saturated heterocycles. The molecule has 5 atom stereocenters. The van der Waals surface area contributed by atoms with Gasteiger partial charge in [0, 0.05) is 29.3 Å². The van der Waals surface area contributed by atoms with Crippen LogP contribution in [0.15, 0.2) is 121 Å². The summed E-state index contributed by atoms with van der Waals surface area (Å²) in [6.07, 6.45) is -0.431. The molecule has 1 fully saturated rings. The van der Waals surface area contributed by atoms with Crippen molar-refractivity contribution >= 4 is 43.2 Å². The van der Waals surface area contributed by atoms with Crippen molar-refractivity contribution < 1.29 is 33.1 Å². The summed E-state index contributed by atoms with van der Waals surface area (Å²) in [4.78, 5) is 48.5. The first-order valence-electron chi connectivity index (χ1n) is 19.5. The Labute approximate surface area is 332 Å². The second-order valence-corrected chi connectivity index (χ2v) is 19.9. The summed E-state index contributed by atoms with van der Waals surface area (Å²) < 4.78 is 29.7. The highest BCUT2D eigenvalue weighted by atomic mass is 28.4. The van der Waals surface area contributed by atoms with Crippen molar-refractivity contribution in [3.8, 4) is 11.5 Å². The fourth-order valence-corrected chi connectivity index (χ4v) is 12.2. The molecule has 9 rings (SSSR count). The molecule has 0 saturated carbocycles. The predicted octanol–water partition coefficient (Wildman–Crippen LogP) is 8.43. The number of halogens is 1. The van der Waals surface area contributed by atoms with Crippen LogP contribution in [0.25, 0.3) is 0 Å². The number of amides is 3. The van der Waals surface area contributed by atoms with Gasteiger partial charge in [-0.25, -0.2) is 0 Å². The predicted molar refractivity (Wildman–Crippen MR) is 218 cm³/mol. The van der Waals surface area contributed by atoms with E-state index < -0.39 is 37.6 Å². The molecule has 3 amide bonds. The number of nitrogens with zero attached hydrogens (tertiary/aromatic N) is 3. The number of carbonyl (C=O) groups is 3. The molecule has 0 aliphatic carbocycles. The van der Waals surface area contributed by atoms with Crippen molar-refractivity contribution in [3.05, 3.63) is 149 Å². The number of aliphatic hydroxyl groups excluding tert-OH is 1. The van der Waals surface area contributed by atoms with Crippen LogP contribution < -0.4 is 14.5 Å². The Hall–Kier alpha value is -5.62. The molecule has 9 nitrogen and oxygen atoms in total. The molecule has 0 aromatic heterocycles. The molecule has 1 N–H and O–H groups in total. The van der Waals surface area contributed by atoms with E-state index >= 15 is 8.90 Å². The Bertz CT molecular complexity index is 2420. The van der Waals surface area contributed by atoms with Gasteiger partial charge in [-0.2, -0.15) is 0 Å². The van der Waals surface area contributed by atoms with Crippen LogP contribution in [0.4, 0.5) is 21.2 Å². The zero-order valence-electron chi connectivity index (χ0n) is 32.1. The molecule has 57 heavy (non-hydrogen) atoms. The molecular formula is C46H44FN3O6Si. The average molecular weight is 782 g/mol. The standard InChI is InChI=1S/C46H44FN3O6Si/c1-29-43(57(2,3)47)41(25-42(52)48-27-32-15-5-4-14-31(32)24-34(48)28-51)56-46(29)36-18-7-8-19-37(36)49(45(46)54)26-30-13-12-16-33(23-30)50-38-20-9-11-22-40(38)55-39-21-10-6-17-35(39)44(50)53/h4-23,29,34,41,43,51H,24-28H2,1-3H3/t29-,34-,41+,43-,46+/m0/s1. The molecule has 4 aliphatic rings. The van der Waals surface area contributed by atoms with Crippen LogP contribution in [-0.4, -0.2) is 54.9 Å². The Morgan fingerprint density at radius 2 is 1.54 bits per heavy atom. The van der Waals surface area contributed by atoms with E-state index in [1.165, 1.54) is 0 Å². The summed E-state index contributed by atoms with van der Waals surface area (Å²) in [6.45, 7) is 5.45. The van der Waals surface area contributed by atoms with Gasteiger partial charge in [-0.15, -0.1) is 0 Å². The number of para-hydroxylation sites is 4. The fraction of sp³-hybridized carbons (Fsp3) is 0.283. The lowest BCUT2D eigenvalue weighted by molar-refractivity contribution is -0.151. The zero-order chi connectivity index (χ0) is 39.6. The SMILES string of the molecule is C[C@H]1[C@H]([Si](C)(C)F)[C@@H](CC(=O)N2Cc3ccccc3C[C@H]2CO)O[C@]12C(=O)N(Cc1cccc(N3C(=O)c4ccccc4Oc4ccccc43)c1)c1ccccc12. The molecule has 1 spiro atoms. The van der Waals surface area contributed by atoms with Crippen LogP contribution in [0.1, 0.15) is 46.0 Å². The zero-order valence-corrected chi connectivity index (χ0v) is 33.1. The monoisotopic (exact) mass is 781 g/mol. The van der Waals surface area contributed by atoms with Crippen LogP contribution >= 0.6 is 0 Å². The first-order valence-corrected chi connectivity index (χ1v) is 22.5. The molecular weight excluding hydrogens is 738 g/mol. The minimum absolute atomic E-state index is 0.106. The Kier molecular flexibility index (Phi) is 9.14. The van der Waals surface area contributed by atoms with E-state index in [1.807, 2.05) is 110 Å². The lowest BCUT2D eigenvalue weighted by atomic mass is 9.82. The Balaban J connectivity index is 1.04. The van der Waals surface area contributed by atoms with Crippen molar-refractivity contribution in [2.75, 3.05) is 16.4 Å². The lowest BCUT2D eigenvalue weighted by Gasteiger charge is -2.37. The van der Waals surface area contributed by atoms with Crippen LogP contribution in [0.3, 0.4) is 0 Å². The summed E-state index contributed by atoms with van der Waals surface area (Å²) in [5.74, 6) is -0.348. The average Bonchev–Trinajstić information content (AvgIpc) is 3.58. The van der Waals surface area contributed by atoms with Gasteiger partial charge in [0.2, 0.25) is 14.3 Å². The van der Waals surface area contributed by atoms with E-state index in [9.17, 15) is 14.7 Å². The van der Waals surface area contributed by atoms with E-state index in [0.29, 0.717) is 52.7 Å². The minimum atomic E-state index is -3.55. The molecule has 5 aromatic carbocycles. The molecule has 0 bridgehead atoms. The van der Waals surface area contributed by atoms with E-state index in [0.717, 1.165) is 16.7 Å². The first-order chi connectivity index (χ1) is 27.5. The van der Waals surface area contributed by atoms with E-state index in [1.54, 1.807) is 46.0 Å². The van der Waals surface area contributed by atoms with Gasteiger partial charge in [-0.05, 0) is 78.7 Å². The van der Waals surface area contributed by atoms with Crippen molar-refractivity contribution in [1.82, 2.24) is 4.90 Å². The maximum absolute atomic E-state index is 16.6. The highest BCUT2D eigenvalue weighted by molar-refractivity contribution is 6.72. The van der Waals surface area contributed by atoms with E-state index in [4.69, 9.17) is 9.47 Å². The quantitative estimate of drug-likeness (QED) is 0.132.